The number of carbonyl (C=O) groups excluding carboxylic acids is 2. The summed E-state index contributed by atoms with van der Waals surface area (Å²) in [6, 6.07) is 4.61. The van der Waals surface area contributed by atoms with Crippen molar-refractivity contribution in [1.29, 1.82) is 0 Å². The SMILES string of the molecule is CNC(=O)C1(COC)CCCN1C(=O)C1CCc2cc(F)ccc21. The second kappa shape index (κ2) is 6.51. The van der Waals surface area contributed by atoms with Gasteiger partial charge in [-0.15, -0.1) is 0 Å². The highest BCUT2D eigenvalue weighted by molar-refractivity contribution is 5.94. The van der Waals surface area contributed by atoms with Crippen LogP contribution in [-0.4, -0.2) is 49.6 Å². The third kappa shape index (κ3) is 2.59. The minimum Gasteiger partial charge on any atom is -0.382 e. The number of fused-ring (bicyclic) bond motifs is 1. The molecule has 1 heterocycles. The van der Waals surface area contributed by atoms with Crippen LogP contribution in [0, 0.1) is 5.82 Å². The molecule has 1 aliphatic carbocycles. The van der Waals surface area contributed by atoms with Gasteiger partial charge in [0.25, 0.3) is 0 Å². The predicted octanol–water partition coefficient (Wildman–Crippen LogP) is 1.61. The Morgan fingerprint density at radius 3 is 2.96 bits per heavy atom. The van der Waals surface area contributed by atoms with E-state index in [1.165, 1.54) is 12.1 Å². The third-order valence-electron chi connectivity index (χ3n) is 5.27. The van der Waals surface area contributed by atoms with E-state index in [4.69, 9.17) is 4.74 Å². The zero-order valence-electron chi connectivity index (χ0n) is 14.1. The standard InChI is InChI=1S/C18H23FN2O3/c1-20-17(23)18(11-24-2)8-3-9-21(18)16(22)15-6-4-12-10-13(19)5-7-14(12)15/h5,7,10,15H,3-4,6,8-9,11H2,1-2H3,(H,20,23). The topological polar surface area (TPSA) is 58.6 Å². The third-order valence-corrected chi connectivity index (χ3v) is 5.27. The smallest absolute Gasteiger partial charge is 0.248 e. The number of halogens is 1. The first-order chi connectivity index (χ1) is 11.5. The number of hydrogen-bond donors (Lipinski definition) is 1. The molecule has 0 aromatic heterocycles. The number of benzene rings is 1. The van der Waals surface area contributed by atoms with Crippen LogP contribution < -0.4 is 5.32 Å². The fourth-order valence-corrected chi connectivity index (χ4v) is 4.15. The first kappa shape index (κ1) is 16.9. The number of aryl methyl sites for hydroxylation is 1. The quantitative estimate of drug-likeness (QED) is 0.910. The van der Waals surface area contributed by atoms with E-state index in [0.717, 1.165) is 17.5 Å². The average molecular weight is 334 g/mol. The van der Waals surface area contributed by atoms with Crippen LogP contribution in [0.1, 0.15) is 36.3 Å². The van der Waals surface area contributed by atoms with Crippen molar-refractivity contribution in [2.45, 2.75) is 37.1 Å². The Balaban J connectivity index is 1.91. The van der Waals surface area contributed by atoms with E-state index < -0.39 is 5.54 Å². The molecule has 2 unspecified atom stereocenters. The van der Waals surface area contributed by atoms with Crippen molar-refractivity contribution in [2.75, 3.05) is 27.3 Å². The van der Waals surface area contributed by atoms with Crippen LogP contribution in [0.2, 0.25) is 0 Å². The summed E-state index contributed by atoms with van der Waals surface area (Å²) >= 11 is 0. The molecular weight excluding hydrogens is 311 g/mol. The Bertz CT molecular complexity index is 664. The normalized spacial score (nSPS) is 25.6. The second-order valence-electron chi connectivity index (χ2n) is 6.57. The molecule has 1 fully saturated rings. The van der Waals surface area contributed by atoms with Gasteiger partial charge in [-0.1, -0.05) is 6.07 Å². The number of hydrogen-bond acceptors (Lipinski definition) is 3. The lowest BCUT2D eigenvalue weighted by Gasteiger charge is -2.37. The summed E-state index contributed by atoms with van der Waals surface area (Å²) in [6.07, 6.45) is 2.71. The van der Waals surface area contributed by atoms with Gasteiger partial charge in [-0.3, -0.25) is 9.59 Å². The summed E-state index contributed by atoms with van der Waals surface area (Å²) in [5.41, 5.74) is 0.838. The molecule has 2 atom stereocenters. The van der Waals surface area contributed by atoms with Gasteiger partial charge in [0.2, 0.25) is 11.8 Å². The maximum Gasteiger partial charge on any atom is 0.248 e. The van der Waals surface area contributed by atoms with Crippen LogP contribution in [-0.2, 0) is 20.7 Å². The maximum atomic E-state index is 13.4. The Morgan fingerprint density at radius 1 is 1.46 bits per heavy atom. The second-order valence-corrected chi connectivity index (χ2v) is 6.57. The summed E-state index contributed by atoms with van der Waals surface area (Å²) in [4.78, 5) is 27.4. The van der Waals surface area contributed by atoms with Crippen molar-refractivity contribution in [3.63, 3.8) is 0 Å². The number of ether oxygens (including phenoxy) is 1. The summed E-state index contributed by atoms with van der Waals surface area (Å²) in [5, 5.41) is 2.67. The van der Waals surface area contributed by atoms with Gasteiger partial charge in [0.15, 0.2) is 0 Å². The summed E-state index contributed by atoms with van der Waals surface area (Å²) in [5.74, 6) is -0.826. The van der Waals surface area contributed by atoms with Crippen molar-refractivity contribution in [1.82, 2.24) is 10.2 Å². The number of amides is 2. The number of carbonyl (C=O) groups is 2. The summed E-state index contributed by atoms with van der Waals surface area (Å²) < 4.78 is 18.7. The Morgan fingerprint density at radius 2 is 2.25 bits per heavy atom. The van der Waals surface area contributed by atoms with Gasteiger partial charge in [0, 0.05) is 20.7 Å². The molecule has 2 aliphatic rings. The molecule has 1 aromatic rings. The van der Waals surface area contributed by atoms with Crippen molar-refractivity contribution in [2.24, 2.45) is 0 Å². The fraction of sp³-hybridized carbons (Fsp3) is 0.556. The van der Waals surface area contributed by atoms with Gasteiger partial charge in [-0.05, 0) is 48.9 Å². The molecule has 0 spiro atoms. The van der Waals surface area contributed by atoms with Crippen molar-refractivity contribution in [3.8, 4) is 0 Å². The highest BCUT2D eigenvalue weighted by Gasteiger charge is 2.51. The van der Waals surface area contributed by atoms with Crippen molar-refractivity contribution in [3.05, 3.63) is 35.1 Å². The van der Waals surface area contributed by atoms with Crippen LogP contribution in [0.4, 0.5) is 4.39 Å². The van der Waals surface area contributed by atoms with E-state index in [1.54, 1.807) is 25.1 Å². The summed E-state index contributed by atoms with van der Waals surface area (Å²) in [7, 11) is 3.12. The number of likely N-dealkylation sites (N-methyl/N-ethyl adjacent to an activating group) is 1. The zero-order chi connectivity index (χ0) is 17.3. The molecule has 1 N–H and O–H groups in total. The van der Waals surface area contributed by atoms with E-state index in [0.29, 0.717) is 25.8 Å². The lowest BCUT2D eigenvalue weighted by molar-refractivity contribution is -0.149. The molecular formula is C18H23FN2O3. The highest BCUT2D eigenvalue weighted by atomic mass is 19.1. The molecule has 0 radical (unpaired) electrons. The Hall–Kier alpha value is -1.95. The Kier molecular flexibility index (Phi) is 4.58. The first-order valence-electron chi connectivity index (χ1n) is 8.34. The van der Waals surface area contributed by atoms with Crippen LogP contribution in [0.25, 0.3) is 0 Å². The van der Waals surface area contributed by atoms with E-state index in [-0.39, 0.29) is 30.2 Å². The molecule has 24 heavy (non-hydrogen) atoms. The zero-order valence-corrected chi connectivity index (χ0v) is 14.1. The predicted molar refractivity (Wildman–Crippen MR) is 87.1 cm³/mol. The minimum absolute atomic E-state index is 0.0569. The van der Waals surface area contributed by atoms with E-state index >= 15 is 0 Å². The van der Waals surface area contributed by atoms with Crippen LogP contribution >= 0.6 is 0 Å². The Labute approximate surface area is 141 Å². The van der Waals surface area contributed by atoms with Crippen molar-refractivity contribution >= 4 is 11.8 Å². The van der Waals surface area contributed by atoms with Gasteiger partial charge >= 0.3 is 0 Å². The summed E-state index contributed by atoms with van der Waals surface area (Å²) in [6.45, 7) is 0.726. The van der Waals surface area contributed by atoms with Crippen LogP contribution in [0.3, 0.4) is 0 Å². The molecule has 6 heteroatoms. The monoisotopic (exact) mass is 334 g/mol. The number of rotatable bonds is 4. The van der Waals surface area contributed by atoms with Gasteiger partial charge in [0.1, 0.15) is 11.4 Å². The molecule has 5 nitrogen and oxygen atoms in total. The molecule has 130 valence electrons. The van der Waals surface area contributed by atoms with E-state index in [1.807, 2.05) is 0 Å². The van der Waals surface area contributed by atoms with Gasteiger partial charge in [-0.2, -0.15) is 0 Å². The lowest BCUT2D eigenvalue weighted by Crippen LogP contribution is -2.60. The lowest BCUT2D eigenvalue weighted by atomic mass is 9.92. The fourth-order valence-electron chi connectivity index (χ4n) is 4.15. The van der Waals surface area contributed by atoms with Gasteiger partial charge in [-0.25, -0.2) is 4.39 Å². The number of nitrogens with zero attached hydrogens (tertiary/aromatic N) is 1. The van der Waals surface area contributed by atoms with E-state index in [9.17, 15) is 14.0 Å². The van der Waals surface area contributed by atoms with Crippen LogP contribution in [0.15, 0.2) is 18.2 Å². The molecule has 1 aromatic carbocycles. The first-order valence-corrected chi connectivity index (χ1v) is 8.34. The van der Waals surface area contributed by atoms with Gasteiger partial charge < -0.3 is 15.0 Å². The molecule has 1 saturated heterocycles. The molecule has 0 saturated carbocycles. The highest BCUT2D eigenvalue weighted by Crippen LogP contribution is 2.39. The van der Waals surface area contributed by atoms with Crippen LogP contribution in [0.5, 0.6) is 0 Å². The number of likely N-dealkylation sites (tertiary alicyclic amines) is 1. The van der Waals surface area contributed by atoms with E-state index in [2.05, 4.69) is 5.32 Å². The molecule has 3 rings (SSSR count). The average Bonchev–Trinajstić information content (AvgIpc) is 3.18. The minimum atomic E-state index is -0.941. The molecule has 2 amide bonds. The van der Waals surface area contributed by atoms with Gasteiger partial charge in [0.05, 0.1) is 12.5 Å². The number of nitrogens with one attached hydrogen (secondary N) is 1. The molecule has 0 bridgehead atoms. The maximum absolute atomic E-state index is 13.4. The van der Waals surface area contributed by atoms with Crippen molar-refractivity contribution < 1.29 is 18.7 Å². The largest absolute Gasteiger partial charge is 0.382 e. The molecule has 1 aliphatic heterocycles. The number of methoxy groups -OCH3 is 1.